The molecule has 0 saturated carbocycles. The second-order valence-corrected chi connectivity index (χ2v) is 5.78. The van der Waals surface area contributed by atoms with Crippen LogP contribution in [0.1, 0.15) is 18.9 Å². The van der Waals surface area contributed by atoms with E-state index in [2.05, 4.69) is 22.6 Å². The Morgan fingerprint density at radius 1 is 1.15 bits per heavy atom. The molecule has 0 aliphatic rings. The van der Waals surface area contributed by atoms with Crippen molar-refractivity contribution < 1.29 is 9.13 Å². The number of benzene rings is 2. The molecule has 0 heterocycles. The third-order valence-electron chi connectivity index (χ3n) is 3.12. The normalized spacial score (nSPS) is 12.2. The fourth-order valence-electron chi connectivity index (χ4n) is 1.89. The van der Waals surface area contributed by atoms with Gasteiger partial charge in [-0.15, -0.1) is 0 Å². The van der Waals surface area contributed by atoms with Gasteiger partial charge in [-0.05, 0) is 59.7 Å². The Balaban J connectivity index is 2.32. The quantitative estimate of drug-likeness (QED) is 0.770. The van der Waals surface area contributed by atoms with E-state index in [-0.39, 0.29) is 11.9 Å². The SMILES string of the molecule is CCC(N)Cc1c(F)cccc1Oc1ccccc1I. The third kappa shape index (κ3) is 3.70. The van der Waals surface area contributed by atoms with Gasteiger partial charge in [0.05, 0.1) is 3.57 Å². The summed E-state index contributed by atoms with van der Waals surface area (Å²) in [6.07, 6.45) is 1.28. The highest BCUT2D eigenvalue weighted by Crippen LogP contribution is 2.31. The molecule has 2 rings (SSSR count). The summed E-state index contributed by atoms with van der Waals surface area (Å²) in [5.74, 6) is 1.00. The second kappa shape index (κ2) is 7.04. The number of rotatable bonds is 5. The van der Waals surface area contributed by atoms with Crippen LogP contribution in [0.25, 0.3) is 0 Å². The van der Waals surface area contributed by atoms with Gasteiger partial charge in [-0.3, -0.25) is 0 Å². The summed E-state index contributed by atoms with van der Waals surface area (Å²) < 4.78 is 20.9. The number of halogens is 2. The fourth-order valence-corrected chi connectivity index (χ4v) is 2.38. The standard InChI is InChI=1S/C16H17FINO/c1-2-11(19)10-12-13(17)6-5-9-15(12)20-16-8-4-3-7-14(16)18/h3-9,11H,2,10,19H2,1H3. The molecule has 0 bridgehead atoms. The lowest BCUT2D eigenvalue weighted by atomic mass is 10.0. The van der Waals surface area contributed by atoms with Crippen LogP contribution in [0.3, 0.4) is 0 Å². The largest absolute Gasteiger partial charge is 0.456 e. The Hall–Kier alpha value is -1.14. The van der Waals surface area contributed by atoms with Crippen molar-refractivity contribution in [2.24, 2.45) is 5.73 Å². The maximum absolute atomic E-state index is 14.0. The van der Waals surface area contributed by atoms with Crippen LogP contribution in [0.2, 0.25) is 0 Å². The average molecular weight is 385 g/mol. The first kappa shape index (κ1) is 15.3. The van der Waals surface area contributed by atoms with Crippen LogP contribution in [0.4, 0.5) is 4.39 Å². The summed E-state index contributed by atoms with van der Waals surface area (Å²) in [6.45, 7) is 1.99. The zero-order chi connectivity index (χ0) is 14.5. The first-order valence-corrected chi connectivity index (χ1v) is 7.65. The highest BCUT2D eigenvalue weighted by atomic mass is 127. The summed E-state index contributed by atoms with van der Waals surface area (Å²) >= 11 is 2.20. The van der Waals surface area contributed by atoms with E-state index in [4.69, 9.17) is 10.5 Å². The highest BCUT2D eigenvalue weighted by Gasteiger charge is 2.14. The number of hydrogen-bond donors (Lipinski definition) is 1. The molecule has 106 valence electrons. The van der Waals surface area contributed by atoms with Gasteiger partial charge in [0, 0.05) is 11.6 Å². The summed E-state index contributed by atoms with van der Waals surface area (Å²) in [5, 5.41) is 0. The molecule has 0 aliphatic carbocycles. The van der Waals surface area contributed by atoms with Crippen molar-refractivity contribution in [3.8, 4) is 11.5 Å². The minimum Gasteiger partial charge on any atom is -0.456 e. The van der Waals surface area contributed by atoms with Crippen LogP contribution < -0.4 is 10.5 Å². The van der Waals surface area contributed by atoms with E-state index >= 15 is 0 Å². The molecule has 2 nitrogen and oxygen atoms in total. The Morgan fingerprint density at radius 2 is 1.85 bits per heavy atom. The second-order valence-electron chi connectivity index (χ2n) is 4.62. The van der Waals surface area contributed by atoms with Crippen molar-refractivity contribution >= 4 is 22.6 Å². The van der Waals surface area contributed by atoms with Crippen LogP contribution in [-0.4, -0.2) is 6.04 Å². The zero-order valence-electron chi connectivity index (χ0n) is 11.3. The predicted molar refractivity (Wildman–Crippen MR) is 87.6 cm³/mol. The molecule has 1 atom stereocenters. The Morgan fingerprint density at radius 3 is 2.55 bits per heavy atom. The van der Waals surface area contributed by atoms with Crippen LogP contribution in [-0.2, 0) is 6.42 Å². The van der Waals surface area contributed by atoms with Crippen molar-refractivity contribution in [2.75, 3.05) is 0 Å². The molecule has 0 spiro atoms. The number of hydrogen-bond acceptors (Lipinski definition) is 2. The predicted octanol–water partition coefficient (Wildman–Crippen LogP) is 4.50. The molecule has 2 N–H and O–H groups in total. The molecule has 1 unspecified atom stereocenters. The first-order chi connectivity index (χ1) is 9.61. The molecule has 4 heteroatoms. The van der Waals surface area contributed by atoms with Gasteiger partial charge in [0.15, 0.2) is 0 Å². The number of para-hydroxylation sites is 1. The zero-order valence-corrected chi connectivity index (χ0v) is 13.4. The summed E-state index contributed by atoms with van der Waals surface area (Å²) in [4.78, 5) is 0. The van der Waals surface area contributed by atoms with Gasteiger partial charge < -0.3 is 10.5 Å². The minimum absolute atomic E-state index is 0.0657. The maximum Gasteiger partial charge on any atom is 0.140 e. The van der Waals surface area contributed by atoms with Crippen molar-refractivity contribution in [3.05, 3.63) is 57.4 Å². The van der Waals surface area contributed by atoms with Crippen molar-refractivity contribution in [3.63, 3.8) is 0 Å². The van der Waals surface area contributed by atoms with Crippen molar-refractivity contribution in [2.45, 2.75) is 25.8 Å². The van der Waals surface area contributed by atoms with E-state index in [0.717, 1.165) is 15.7 Å². The van der Waals surface area contributed by atoms with Gasteiger partial charge in [-0.25, -0.2) is 4.39 Å². The lowest BCUT2D eigenvalue weighted by molar-refractivity contribution is 0.458. The number of nitrogens with two attached hydrogens (primary N) is 1. The third-order valence-corrected chi connectivity index (χ3v) is 4.01. The van der Waals surface area contributed by atoms with Gasteiger partial charge in [-0.2, -0.15) is 0 Å². The molecule has 2 aromatic carbocycles. The molecular formula is C16H17FINO. The first-order valence-electron chi connectivity index (χ1n) is 6.57. The summed E-state index contributed by atoms with van der Waals surface area (Å²) in [5.41, 5.74) is 6.49. The molecular weight excluding hydrogens is 368 g/mol. The van der Waals surface area contributed by atoms with E-state index in [0.29, 0.717) is 17.7 Å². The summed E-state index contributed by atoms with van der Waals surface area (Å²) in [6, 6.07) is 12.5. The molecule has 0 saturated heterocycles. The molecule has 0 fully saturated rings. The molecule has 20 heavy (non-hydrogen) atoms. The van der Waals surface area contributed by atoms with Crippen LogP contribution in [0, 0.1) is 9.39 Å². The van der Waals surface area contributed by atoms with Gasteiger partial charge in [-0.1, -0.05) is 25.1 Å². The summed E-state index contributed by atoms with van der Waals surface area (Å²) in [7, 11) is 0. The van der Waals surface area contributed by atoms with Crippen LogP contribution in [0.5, 0.6) is 11.5 Å². The lowest BCUT2D eigenvalue weighted by Crippen LogP contribution is -2.22. The molecule has 0 amide bonds. The average Bonchev–Trinajstić information content (AvgIpc) is 2.44. The number of ether oxygens (including phenoxy) is 1. The Bertz CT molecular complexity index is 588. The minimum atomic E-state index is -0.266. The van der Waals surface area contributed by atoms with Crippen LogP contribution >= 0.6 is 22.6 Å². The molecule has 0 aromatic heterocycles. The smallest absolute Gasteiger partial charge is 0.140 e. The highest BCUT2D eigenvalue weighted by molar-refractivity contribution is 14.1. The fraction of sp³-hybridized carbons (Fsp3) is 0.250. The maximum atomic E-state index is 14.0. The van der Waals surface area contributed by atoms with E-state index in [9.17, 15) is 4.39 Å². The van der Waals surface area contributed by atoms with Gasteiger partial charge in [0.25, 0.3) is 0 Å². The Labute approximate surface area is 132 Å². The van der Waals surface area contributed by atoms with Crippen molar-refractivity contribution in [1.29, 1.82) is 0 Å². The Kier molecular flexibility index (Phi) is 5.37. The van der Waals surface area contributed by atoms with E-state index < -0.39 is 0 Å². The lowest BCUT2D eigenvalue weighted by Gasteiger charge is -2.15. The molecule has 0 radical (unpaired) electrons. The van der Waals surface area contributed by atoms with E-state index in [1.54, 1.807) is 12.1 Å². The van der Waals surface area contributed by atoms with Gasteiger partial charge >= 0.3 is 0 Å². The van der Waals surface area contributed by atoms with Crippen LogP contribution in [0.15, 0.2) is 42.5 Å². The molecule has 2 aromatic rings. The van der Waals surface area contributed by atoms with E-state index in [1.165, 1.54) is 6.07 Å². The van der Waals surface area contributed by atoms with Gasteiger partial charge in [0.2, 0.25) is 0 Å². The monoisotopic (exact) mass is 385 g/mol. The topological polar surface area (TPSA) is 35.2 Å². The molecule has 0 aliphatic heterocycles. The van der Waals surface area contributed by atoms with E-state index in [1.807, 2.05) is 31.2 Å². The van der Waals surface area contributed by atoms with Gasteiger partial charge in [0.1, 0.15) is 17.3 Å². The van der Waals surface area contributed by atoms with Crippen molar-refractivity contribution in [1.82, 2.24) is 0 Å².